The average Bonchev–Trinajstić information content (AvgIpc) is 3.12. The lowest BCUT2D eigenvalue weighted by Crippen LogP contribution is -2.44. The number of esters is 2. The lowest BCUT2D eigenvalue weighted by molar-refractivity contribution is -0.176. The minimum atomic E-state index is -1.42. The molecule has 0 aliphatic carbocycles. The standard InChI is InChI=1S/C40H62N2O12/c1-27(2)41-23-35(43)39(51-33-13-9-31(10-14-33)25-47-19-21-49-29(5)6)53-37(45)17-18-38(46)54-40(36(44)24-42-28(3)4)52-34-15-11-32(12-16-34)26-48-20-22-50-30(7)8/h9-18,27-30,35-36,39-44H,19-26H2,1-8H3/b18-17+. The van der Waals surface area contributed by atoms with Gasteiger partial charge in [0.05, 0.1) is 51.8 Å². The molecular weight excluding hydrogens is 700 g/mol. The van der Waals surface area contributed by atoms with E-state index in [-0.39, 0.29) is 37.4 Å². The molecule has 2 aromatic carbocycles. The van der Waals surface area contributed by atoms with Gasteiger partial charge in [-0.15, -0.1) is 0 Å². The maximum Gasteiger partial charge on any atom is 0.334 e. The van der Waals surface area contributed by atoms with E-state index < -0.39 is 36.7 Å². The van der Waals surface area contributed by atoms with Gasteiger partial charge in [-0.3, -0.25) is 0 Å². The summed E-state index contributed by atoms with van der Waals surface area (Å²) in [5, 5.41) is 27.8. The number of carbonyl (C=O) groups excluding carboxylic acids is 2. The molecular formula is C40H62N2O12. The molecule has 4 unspecified atom stereocenters. The zero-order valence-corrected chi connectivity index (χ0v) is 33.0. The molecule has 0 aromatic heterocycles. The molecule has 0 radical (unpaired) electrons. The summed E-state index contributed by atoms with van der Waals surface area (Å²) in [4.78, 5) is 25.7. The fraction of sp³-hybridized carbons (Fsp3) is 0.600. The van der Waals surface area contributed by atoms with Crippen LogP contribution in [-0.4, -0.2) is 111 Å². The highest BCUT2D eigenvalue weighted by Gasteiger charge is 2.27. The van der Waals surface area contributed by atoms with Crippen LogP contribution in [-0.2, 0) is 51.2 Å². The summed E-state index contributed by atoms with van der Waals surface area (Å²) in [6.45, 7) is 18.2. The van der Waals surface area contributed by atoms with Crippen LogP contribution in [0.3, 0.4) is 0 Å². The van der Waals surface area contributed by atoms with Crippen molar-refractivity contribution in [3.05, 3.63) is 71.8 Å². The Kier molecular flexibility index (Phi) is 22.6. The third kappa shape index (κ3) is 21.3. The lowest BCUT2D eigenvalue weighted by atomic mass is 10.2. The topological polar surface area (TPSA) is 172 Å². The summed E-state index contributed by atoms with van der Waals surface area (Å²) in [6.07, 6.45) is -3.37. The quantitative estimate of drug-likeness (QED) is 0.0424. The van der Waals surface area contributed by atoms with Crippen molar-refractivity contribution in [2.45, 2.75) is 118 Å². The molecule has 4 N–H and O–H groups in total. The summed E-state index contributed by atoms with van der Waals surface area (Å²) in [5.74, 6) is -1.26. The maximum atomic E-state index is 12.9. The fourth-order valence-electron chi connectivity index (χ4n) is 4.37. The molecule has 4 atom stereocenters. The van der Waals surface area contributed by atoms with Gasteiger partial charge >= 0.3 is 11.9 Å². The van der Waals surface area contributed by atoms with Gasteiger partial charge in [0.15, 0.2) is 0 Å². The van der Waals surface area contributed by atoms with Crippen molar-refractivity contribution in [3.8, 4) is 11.5 Å². The van der Waals surface area contributed by atoms with Crippen molar-refractivity contribution in [2.24, 2.45) is 0 Å². The van der Waals surface area contributed by atoms with Gasteiger partial charge in [-0.25, -0.2) is 9.59 Å². The predicted molar refractivity (Wildman–Crippen MR) is 203 cm³/mol. The molecule has 0 aliphatic heterocycles. The first-order chi connectivity index (χ1) is 25.7. The summed E-state index contributed by atoms with van der Waals surface area (Å²) >= 11 is 0. The van der Waals surface area contributed by atoms with Gasteiger partial charge in [-0.1, -0.05) is 52.0 Å². The Balaban J connectivity index is 2.03. The van der Waals surface area contributed by atoms with Crippen LogP contribution < -0.4 is 20.1 Å². The molecule has 2 aromatic rings. The molecule has 0 saturated carbocycles. The Morgan fingerprint density at radius 2 is 0.926 bits per heavy atom. The number of carbonyl (C=O) groups is 2. The number of hydrogen-bond acceptors (Lipinski definition) is 14. The molecule has 14 nitrogen and oxygen atoms in total. The van der Waals surface area contributed by atoms with Crippen LogP contribution in [0.2, 0.25) is 0 Å². The van der Waals surface area contributed by atoms with Crippen LogP contribution >= 0.6 is 0 Å². The zero-order valence-electron chi connectivity index (χ0n) is 33.0. The van der Waals surface area contributed by atoms with E-state index >= 15 is 0 Å². The Bertz CT molecular complexity index is 1230. The van der Waals surface area contributed by atoms with Crippen molar-refractivity contribution in [2.75, 3.05) is 39.5 Å². The molecule has 304 valence electrons. The van der Waals surface area contributed by atoms with E-state index in [1.54, 1.807) is 48.5 Å². The molecule has 0 fully saturated rings. The highest BCUT2D eigenvalue weighted by atomic mass is 16.7. The van der Waals surface area contributed by atoms with E-state index in [1.165, 1.54) is 0 Å². The van der Waals surface area contributed by atoms with Crippen molar-refractivity contribution < 1.29 is 57.7 Å². The third-order valence-corrected chi connectivity index (χ3v) is 7.17. The predicted octanol–water partition coefficient (Wildman–Crippen LogP) is 4.04. The fourth-order valence-corrected chi connectivity index (χ4v) is 4.37. The highest BCUT2D eigenvalue weighted by molar-refractivity contribution is 5.91. The normalized spacial score (nSPS) is 14.1. The summed E-state index contributed by atoms with van der Waals surface area (Å²) in [6, 6.07) is 14.0. The van der Waals surface area contributed by atoms with Crippen LogP contribution in [0.25, 0.3) is 0 Å². The second-order valence-electron chi connectivity index (χ2n) is 13.7. The highest BCUT2D eigenvalue weighted by Crippen LogP contribution is 2.19. The van der Waals surface area contributed by atoms with E-state index in [4.69, 9.17) is 37.9 Å². The van der Waals surface area contributed by atoms with E-state index in [9.17, 15) is 19.8 Å². The SMILES string of the molecule is CC(C)NCC(O)C(OC(=O)/C=C/C(=O)OC(Oc1ccc(COCCOC(C)C)cc1)C(O)CNC(C)C)Oc1ccc(COCCOC(C)C)cc1. The van der Waals surface area contributed by atoms with Gasteiger partial charge in [0, 0.05) is 37.3 Å². The number of nitrogens with one attached hydrogen (secondary N) is 2. The van der Waals surface area contributed by atoms with Gasteiger partial charge in [0.25, 0.3) is 12.6 Å². The molecule has 0 amide bonds. The van der Waals surface area contributed by atoms with Crippen molar-refractivity contribution in [3.63, 3.8) is 0 Å². The van der Waals surface area contributed by atoms with E-state index in [1.807, 2.05) is 55.4 Å². The smallest absolute Gasteiger partial charge is 0.334 e. The number of aliphatic hydroxyl groups excluding tert-OH is 2. The Hall–Kier alpha value is -3.60. The Morgan fingerprint density at radius 3 is 1.24 bits per heavy atom. The molecule has 54 heavy (non-hydrogen) atoms. The number of benzene rings is 2. The Morgan fingerprint density at radius 1 is 0.574 bits per heavy atom. The largest absolute Gasteiger partial charge is 0.452 e. The number of hydrogen-bond donors (Lipinski definition) is 4. The van der Waals surface area contributed by atoms with Crippen LogP contribution in [0, 0.1) is 0 Å². The second kappa shape index (κ2) is 26.2. The van der Waals surface area contributed by atoms with Gasteiger partial charge in [-0.05, 0) is 63.1 Å². The van der Waals surface area contributed by atoms with Crippen molar-refractivity contribution >= 4 is 11.9 Å². The summed E-state index contributed by atoms with van der Waals surface area (Å²) < 4.78 is 44.8. The number of aliphatic hydroxyl groups is 2. The molecule has 0 saturated heterocycles. The monoisotopic (exact) mass is 762 g/mol. The van der Waals surface area contributed by atoms with Crippen LogP contribution in [0.4, 0.5) is 0 Å². The molecule has 0 aliphatic rings. The summed E-state index contributed by atoms with van der Waals surface area (Å²) in [5.41, 5.74) is 1.78. The molecule has 2 rings (SSSR count). The number of rotatable bonds is 28. The minimum Gasteiger partial charge on any atom is -0.452 e. The van der Waals surface area contributed by atoms with Crippen LogP contribution in [0.1, 0.15) is 66.5 Å². The van der Waals surface area contributed by atoms with Gasteiger partial charge in [0.1, 0.15) is 23.7 Å². The van der Waals surface area contributed by atoms with Crippen molar-refractivity contribution in [1.82, 2.24) is 10.6 Å². The molecule has 0 heterocycles. The van der Waals surface area contributed by atoms with Gasteiger partial charge < -0.3 is 58.7 Å². The summed E-state index contributed by atoms with van der Waals surface area (Å²) in [7, 11) is 0. The first kappa shape index (κ1) is 46.6. The van der Waals surface area contributed by atoms with Gasteiger partial charge in [-0.2, -0.15) is 0 Å². The second-order valence-corrected chi connectivity index (χ2v) is 13.7. The average molecular weight is 763 g/mol. The van der Waals surface area contributed by atoms with E-state index in [0.29, 0.717) is 51.1 Å². The number of ether oxygens (including phenoxy) is 8. The zero-order chi connectivity index (χ0) is 39.9. The van der Waals surface area contributed by atoms with Crippen LogP contribution in [0.15, 0.2) is 60.7 Å². The molecule has 0 spiro atoms. The van der Waals surface area contributed by atoms with Crippen molar-refractivity contribution in [1.29, 1.82) is 0 Å². The van der Waals surface area contributed by atoms with E-state index in [2.05, 4.69) is 10.6 Å². The molecule has 14 heteroatoms. The van der Waals surface area contributed by atoms with Gasteiger partial charge in [0.2, 0.25) is 0 Å². The first-order valence-corrected chi connectivity index (χ1v) is 18.5. The lowest BCUT2D eigenvalue weighted by Gasteiger charge is -2.25. The Labute approximate surface area is 320 Å². The first-order valence-electron chi connectivity index (χ1n) is 18.5. The maximum absolute atomic E-state index is 12.9. The van der Waals surface area contributed by atoms with E-state index in [0.717, 1.165) is 23.3 Å². The van der Waals surface area contributed by atoms with Crippen LogP contribution in [0.5, 0.6) is 11.5 Å². The molecule has 0 bridgehead atoms. The third-order valence-electron chi connectivity index (χ3n) is 7.17. The minimum absolute atomic E-state index is 0.0454.